The number of carbonyl (C=O) groups excluding carboxylic acids is 1. The van der Waals surface area contributed by atoms with Crippen molar-refractivity contribution in [1.82, 2.24) is 24.2 Å². The van der Waals surface area contributed by atoms with Crippen molar-refractivity contribution in [3.8, 4) is 0 Å². The molecule has 0 bridgehead atoms. The summed E-state index contributed by atoms with van der Waals surface area (Å²) in [6.45, 7) is 0.128. The van der Waals surface area contributed by atoms with Gasteiger partial charge in [-0.3, -0.25) is 18.8 Å². The molecule has 3 aromatic rings. The van der Waals surface area contributed by atoms with E-state index in [0.29, 0.717) is 10.1 Å². The molecule has 0 radical (unpaired) electrons. The lowest BCUT2D eigenvalue weighted by atomic mass is 9.90. The number of hydrogen-bond acceptors (Lipinski definition) is 5. The van der Waals surface area contributed by atoms with Crippen LogP contribution in [0.2, 0.25) is 0 Å². The highest BCUT2D eigenvalue weighted by molar-refractivity contribution is 9.10. The molecule has 1 aromatic carbocycles. The third-order valence-corrected chi connectivity index (χ3v) is 7.12. The van der Waals surface area contributed by atoms with Gasteiger partial charge in [-0.2, -0.15) is 18.3 Å². The van der Waals surface area contributed by atoms with E-state index < -0.39 is 35.6 Å². The lowest BCUT2D eigenvalue weighted by molar-refractivity contribution is -0.162. The summed E-state index contributed by atoms with van der Waals surface area (Å²) in [5, 5.41) is 15.2. The fourth-order valence-corrected chi connectivity index (χ4v) is 4.61. The van der Waals surface area contributed by atoms with Crippen molar-refractivity contribution >= 4 is 32.9 Å². The Hall–Kier alpha value is -2.73. The quantitative estimate of drug-likeness (QED) is 0.536. The lowest BCUT2D eigenvalue weighted by Gasteiger charge is -2.39. The number of aromatic nitrogens is 4. The molecule has 1 aliphatic heterocycles. The van der Waals surface area contributed by atoms with E-state index in [1.54, 1.807) is 13.1 Å². The summed E-state index contributed by atoms with van der Waals surface area (Å²) < 4.78 is 44.2. The maximum Gasteiger partial charge on any atom is 0.396 e. The monoisotopic (exact) mass is 541 g/mol. The van der Waals surface area contributed by atoms with Gasteiger partial charge in [0.2, 0.25) is 5.91 Å². The Morgan fingerprint density at radius 3 is 2.47 bits per heavy atom. The third-order valence-electron chi connectivity index (χ3n) is 6.23. The van der Waals surface area contributed by atoms with Crippen molar-refractivity contribution in [3.05, 3.63) is 57.2 Å². The molecule has 12 heteroatoms. The first-order valence-corrected chi connectivity index (χ1v) is 11.5. The molecule has 0 saturated carbocycles. The van der Waals surface area contributed by atoms with Crippen LogP contribution in [-0.4, -0.2) is 60.1 Å². The van der Waals surface area contributed by atoms with Crippen LogP contribution >= 0.6 is 15.9 Å². The molecule has 1 saturated heterocycles. The molecular formula is C22H23BrF3N5O3. The van der Waals surface area contributed by atoms with Crippen LogP contribution in [0.3, 0.4) is 0 Å². The van der Waals surface area contributed by atoms with E-state index in [1.807, 2.05) is 0 Å². The minimum Gasteiger partial charge on any atom is -0.388 e. The van der Waals surface area contributed by atoms with E-state index in [-0.39, 0.29) is 43.6 Å². The first kappa shape index (κ1) is 24.4. The predicted octanol–water partition coefficient (Wildman–Crippen LogP) is 2.98. The molecule has 1 amide bonds. The first-order valence-electron chi connectivity index (χ1n) is 10.7. The summed E-state index contributed by atoms with van der Waals surface area (Å²) in [6.07, 6.45) is -3.67. The van der Waals surface area contributed by atoms with Crippen LogP contribution in [0.4, 0.5) is 13.2 Å². The normalized spacial score (nSPS) is 17.2. The van der Waals surface area contributed by atoms with Gasteiger partial charge in [0.1, 0.15) is 10.1 Å². The van der Waals surface area contributed by atoms with E-state index in [2.05, 4.69) is 26.0 Å². The molecule has 1 atom stereocenters. The number of halogens is 4. The smallest absolute Gasteiger partial charge is 0.388 e. The van der Waals surface area contributed by atoms with Gasteiger partial charge in [-0.1, -0.05) is 30.3 Å². The molecular weight excluding hydrogens is 519 g/mol. The maximum absolute atomic E-state index is 13.6. The van der Waals surface area contributed by atoms with Gasteiger partial charge in [-0.15, -0.1) is 0 Å². The number of nitrogens with zero attached hydrogens (tertiary/aromatic N) is 5. The topological polar surface area (TPSA) is 93.2 Å². The number of aryl methyl sites for hydroxylation is 1. The Labute approximate surface area is 201 Å². The van der Waals surface area contributed by atoms with Gasteiger partial charge < -0.3 is 10.0 Å². The SMILES string of the molecule is Cn1nc2c(=O)n(CC3(O)CCN(C(=O)C[C@H](c4ccccc4)C(F)(F)F)CC3)cnc2c1Br. The standard InChI is InChI=1S/C22H23BrF3N5O3/c1-29-19(23)17-18(28-29)20(33)31(13-27-17)12-21(34)7-9-30(10-8-21)16(32)11-15(22(24,25)26)14-5-3-2-4-6-14/h2-6,13,15,34H,7-12H2,1H3/t15-/m1/s1. The Morgan fingerprint density at radius 2 is 1.85 bits per heavy atom. The molecule has 0 aliphatic carbocycles. The molecule has 3 heterocycles. The van der Waals surface area contributed by atoms with Crippen LogP contribution in [0.1, 0.15) is 30.7 Å². The Bertz CT molecular complexity index is 1250. The minimum atomic E-state index is -4.55. The van der Waals surface area contributed by atoms with Gasteiger partial charge in [0, 0.05) is 26.6 Å². The van der Waals surface area contributed by atoms with Crippen molar-refractivity contribution in [2.75, 3.05) is 13.1 Å². The number of piperidine rings is 1. The highest BCUT2D eigenvalue weighted by Gasteiger charge is 2.43. The molecule has 0 spiro atoms. The molecule has 1 N–H and O–H groups in total. The van der Waals surface area contributed by atoms with E-state index in [0.717, 1.165) is 0 Å². The van der Waals surface area contributed by atoms with Crippen molar-refractivity contribution in [1.29, 1.82) is 0 Å². The van der Waals surface area contributed by atoms with Crippen molar-refractivity contribution in [2.45, 2.75) is 43.5 Å². The number of aliphatic hydroxyl groups is 1. The number of fused-ring (bicyclic) bond motifs is 1. The van der Waals surface area contributed by atoms with Crippen molar-refractivity contribution in [3.63, 3.8) is 0 Å². The van der Waals surface area contributed by atoms with E-state index in [1.165, 1.54) is 44.7 Å². The fraction of sp³-hybridized carbons (Fsp3) is 0.455. The van der Waals surface area contributed by atoms with Crippen LogP contribution in [-0.2, 0) is 18.4 Å². The van der Waals surface area contributed by atoms with E-state index in [4.69, 9.17) is 0 Å². The zero-order chi connectivity index (χ0) is 24.7. The average molecular weight is 542 g/mol. The zero-order valence-corrected chi connectivity index (χ0v) is 19.9. The molecule has 1 fully saturated rings. The Morgan fingerprint density at radius 1 is 1.21 bits per heavy atom. The second-order valence-electron chi connectivity index (χ2n) is 8.60. The second kappa shape index (κ2) is 9.14. The summed E-state index contributed by atoms with van der Waals surface area (Å²) in [5.74, 6) is -2.51. The summed E-state index contributed by atoms with van der Waals surface area (Å²) in [7, 11) is 1.66. The second-order valence-corrected chi connectivity index (χ2v) is 9.35. The lowest BCUT2D eigenvalue weighted by Crippen LogP contribution is -2.50. The summed E-state index contributed by atoms with van der Waals surface area (Å²) in [5.41, 5.74) is -1.10. The highest BCUT2D eigenvalue weighted by Crippen LogP contribution is 2.38. The predicted molar refractivity (Wildman–Crippen MR) is 121 cm³/mol. The van der Waals surface area contributed by atoms with Crippen LogP contribution in [0, 0.1) is 0 Å². The summed E-state index contributed by atoms with van der Waals surface area (Å²) in [6, 6.07) is 7.37. The van der Waals surface area contributed by atoms with Gasteiger partial charge in [-0.05, 0) is 34.3 Å². The summed E-state index contributed by atoms with van der Waals surface area (Å²) in [4.78, 5) is 31.1. The number of alkyl halides is 3. The first-order chi connectivity index (χ1) is 16.0. The molecule has 34 heavy (non-hydrogen) atoms. The largest absolute Gasteiger partial charge is 0.396 e. The van der Waals surface area contributed by atoms with Crippen LogP contribution in [0.5, 0.6) is 0 Å². The number of amides is 1. The number of hydrogen-bond donors (Lipinski definition) is 1. The maximum atomic E-state index is 13.6. The number of likely N-dealkylation sites (tertiary alicyclic amines) is 1. The van der Waals surface area contributed by atoms with Crippen LogP contribution in [0.15, 0.2) is 46.1 Å². The molecule has 182 valence electrons. The summed E-state index contributed by atoms with van der Waals surface area (Å²) >= 11 is 3.32. The molecule has 8 nitrogen and oxygen atoms in total. The number of carbonyl (C=O) groups is 1. The average Bonchev–Trinajstić information content (AvgIpc) is 3.08. The Kier molecular flexibility index (Phi) is 6.56. The van der Waals surface area contributed by atoms with Gasteiger partial charge in [0.25, 0.3) is 5.56 Å². The molecule has 4 rings (SSSR count). The van der Waals surface area contributed by atoms with E-state index in [9.17, 15) is 27.9 Å². The Balaban J connectivity index is 1.43. The molecule has 0 unspecified atom stereocenters. The van der Waals surface area contributed by atoms with Crippen LogP contribution < -0.4 is 5.56 Å². The van der Waals surface area contributed by atoms with Gasteiger partial charge >= 0.3 is 6.18 Å². The number of benzene rings is 1. The highest BCUT2D eigenvalue weighted by atomic mass is 79.9. The minimum absolute atomic E-state index is 0.0419. The number of rotatable bonds is 5. The van der Waals surface area contributed by atoms with Crippen LogP contribution in [0.25, 0.3) is 11.0 Å². The molecule has 2 aromatic heterocycles. The van der Waals surface area contributed by atoms with Crippen molar-refractivity contribution < 1.29 is 23.1 Å². The van der Waals surface area contributed by atoms with E-state index >= 15 is 0 Å². The molecule has 1 aliphatic rings. The van der Waals surface area contributed by atoms with Gasteiger partial charge in [0.15, 0.2) is 5.52 Å². The van der Waals surface area contributed by atoms with Crippen molar-refractivity contribution in [2.24, 2.45) is 7.05 Å². The zero-order valence-electron chi connectivity index (χ0n) is 18.3. The third kappa shape index (κ3) is 4.88. The van der Waals surface area contributed by atoms with Gasteiger partial charge in [-0.25, -0.2) is 4.98 Å². The fourth-order valence-electron chi connectivity index (χ4n) is 4.24. The van der Waals surface area contributed by atoms with Gasteiger partial charge in [0.05, 0.1) is 24.4 Å².